The van der Waals surface area contributed by atoms with Gasteiger partial charge in [0.15, 0.2) is 6.10 Å². The highest BCUT2D eigenvalue weighted by atomic mass is 16.5. The summed E-state index contributed by atoms with van der Waals surface area (Å²) in [5.74, 6) is -1.31. The van der Waals surface area contributed by atoms with Crippen LogP contribution in [0, 0.1) is 13.8 Å². The molecule has 0 bridgehead atoms. The van der Waals surface area contributed by atoms with Crippen LogP contribution in [0.3, 0.4) is 0 Å². The van der Waals surface area contributed by atoms with Crippen LogP contribution in [0.15, 0.2) is 18.3 Å². The SMILES string of the molecule is COC(=O)c1c(C)[nH]c(C(=O)[C@H](C)OC(=O)c2ccc(OC)nc2)c1C. The average Bonchev–Trinajstić information content (AvgIpc) is 2.94. The Balaban J connectivity index is 2.16. The van der Waals surface area contributed by atoms with E-state index in [2.05, 4.69) is 9.97 Å². The quantitative estimate of drug-likeness (QED) is 0.622. The van der Waals surface area contributed by atoms with E-state index in [-0.39, 0.29) is 11.3 Å². The van der Waals surface area contributed by atoms with Gasteiger partial charge in [-0.3, -0.25) is 4.79 Å². The molecule has 0 aliphatic carbocycles. The fourth-order valence-corrected chi connectivity index (χ4v) is 2.51. The van der Waals surface area contributed by atoms with Crippen LogP contribution in [0.2, 0.25) is 0 Å². The van der Waals surface area contributed by atoms with Crippen molar-refractivity contribution in [2.75, 3.05) is 14.2 Å². The number of hydrogen-bond donors (Lipinski definition) is 1. The van der Waals surface area contributed by atoms with E-state index in [1.54, 1.807) is 13.8 Å². The van der Waals surface area contributed by atoms with E-state index in [0.29, 0.717) is 22.7 Å². The number of esters is 2. The van der Waals surface area contributed by atoms with Gasteiger partial charge in [0, 0.05) is 18.0 Å². The first-order valence-corrected chi connectivity index (χ1v) is 7.82. The Labute approximate surface area is 150 Å². The van der Waals surface area contributed by atoms with Crippen molar-refractivity contribution in [3.05, 3.63) is 46.4 Å². The van der Waals surface area contributed by atoms with Crippen molar-refractivity contribution in [3.63, 3.8) is 0 Å². The number of aromatic amines is 1. The zero-order valence-corrected chi connectivity index (χ0v) is 15.2. The number of ketones is 1. The predicted octanol–water partition coefficient (Wildman–Crippen LogP) is 2.25. The van der Waals surface area contributed by atoms with E-state index in [0.717, 1.165) is 0 Å². The van der Waals surface area contributed by atoms with Crippen molar-refractivity contribution >= 4 is 17.7 Å². The summed E-state index contributed by atoms with van der Waals surface area (Å²) in [6.45, 7) is 4.76. The predicted molar refractivity (Wildman–Crippen MR) is 91.6 cm³/mol. The molecule has 2 heterocycles. The zero-order chi connectivity index (χ0) is 19.4. The number of rotatable bonds is 6. The molecule has 0 aromatic carbocycles. The van der Waals surface area contributed by atoms with Crippen molar-refractivity contribution in [2.24, 2.45) is 0 Å². The van der Waals surface area contributed by atoms with Crippen LogP contribution in [0.5, 0.6) is 5.88 Å². The molecule has 0 amide bonds. The van der Waals surface area contributed by atoms with Crippen molar-refractivity contribution in [3.8, 4) is 5.88 Å². The molecule has 2 rings (SSSR count). The summed E-state index contributed by atoms with van der Waals surface area (Å²) in [5.41, 5.74) is 1.66. The number of carbonyl (C=O) groups excluding carboxylic acids is 3. The zero-order valence-electron chi connectivity index (χ0n) is 15.2. The molecular formula is C18H20N2O6. The monoisotopic (exact) mass is 360 g/mol. The second kappa shape index (κ2) is 7.81. The average molecular weight is 360 g/mol. The Morgan fingerprint density at radius 2 is 1.81 bits per heavy atom. The summed E-state index contributed by atoms with van der Waals surface area (Å²) < 4.78 is 14.9. The van der Waals surface area contributed by atoms with Gasteiger partial charge in [0.2, 0.25) is 11.7 Å². The molecule has 0 fully saturated rings. The third-order valence-corrected chi connectivity index (χ3v) is 3.91. The van der Waals surface area contributed by atoms with Gasteiger partial charge >= 0.3 is 11.9 Å². The largest absolute Gasteiger partial charge is 0.481 e. The van der Waals surface area contributed by atoms with E-state index in [1.807, 2.05) is 0 Å². The number of nitrogens with one attached hydrogen (secondary N) is 1. The van der Waals surface area contributed by atoms with Crippen LogP contribution in [0.25, 0.3) is 0 Å². The molecule has 2 aromatic rings. The lowest BCUT2D eigenvalue weighted by Crippen LogP contribution is -2.25. The number of carbonyl (C=O) groups is 3. The Kier molecular flexibility index (Phi) is 5.76. The van der Waals surface area contributed by atoms with E-state index in [1.165, 1.54) is 39.5 Å². The van der Waals surface area contributed by atoms with Gasteiger partial charge in [-0.1, -0.05) is 0 Å². The topological polar surface area (TPSA) is 108 Å². The highest BCUT2D eigenvalue weighted by Crippen LogP contribution is 2.21. The second-order valence-electron chi connectivity index (χ2n) is 5.62. The smallest absolute Gasteiger partial charge is 0.340 e. The summed E-state index contributed by atoms with van der Waals surface area (Å²) in [7, 11) is 2.73. The molecule has 0 aliphatic heterocycles. The van der Waals surface area contributed by atoms with Crippen molar-refractivity contribution in [1.29, 1.82) is 0 Å². The van der Waals surface area contributed by atoms with Gasteiger partial charge in [0.1, 0.15) is 0 Å². The van der Waals surface area contributed by atoms with Gasteiger partial charge in [0.05, 0.1) is 31.0 Å². The third kappa shape index (κ3) is 3.74. The molecule has 2 aromatic heterocycles. The van der Waals surface area contributed by atoms with Gasteiger partial charge in [0.25, 0.3) is 0 Å². The third-order valence-electron chi connectivity index (χ3n) is 3.91. The minimum Gasteiger partial charge on any atom is -0.481 e. The van der Waals surface area contributed by atoms with Crippen LogP contribution in [0.1, 0.15) is 49.4 Å². The van der Waals surface area contributed by atoms with Crippen LogP contribution in [0.4, 0.5) is 0 Å². The molecule has 0 unspecified atom stereocenters. The number of aryl methyl sites for hydroxylation is 1. The Morgan fingerprint density at radius 1 is 1.12 bits per heavy atom. The molecule has 8 nitrogen and oxygen atoms in total. The molecule has 0 saturated heterocycles. The van der Waals surface area contributed by atoms with Crippen molar-refractivity contribution in [2.45, 2.75) is 26.9 Å². The Hall–Kier alpha value is -3.16. The maximum atomic E-state index is 12.6. The lowest BCUT2D eigenvalue weighted by atomic mass is 10.1. The first-order chi connectivity index (χ1) is 12.3. The maximum Gasteiger partial charge on any atom is 0.340 e. The summed E-state index contributed by atoms with van der Waals surface area (Å²) in [6, 6.07) is 3.01. The summed E-state index contributed by atoms with van der Waals surface area (Å²) in [6.07, 6.45) is 0.254. The number of hydrogen-bond acceptors (Lipinski definition) is 7. The molecule has 1 N–H and O–H groups in total. The number of nitrogens with zero attached hydrogens (tertiary/aromatic N) is 1. The molecule has 0 saturated carbocycles. The number of methoxy groups -OCH3 is 2. The van der Waals surface area contributed by atoms with Gasteiger partial charge in [-0.2, -0.15) is 0 Å². The van der Waals surface area contributed by atoms with Crippen LogP contribution < -0.4 is 4.74 Å². The maximum absolute atomic E-state index is 12.6. The number of Topliss-reactive ketones (excluding diaryl/α,β-unsaturated/α-hetero) is 1. The van der Waals surface area contributed by atoms with Crippen LogP contribution >= 0.6 is 0 Å². The van der Waals surface area contributed by atoms with E-state index >= 15 is 0 Å². The number of pyridine rings is 1. The highest BCUT2D eigenvalue weighted by molar-refractivity contribution is 6.04. The summed E-state index contributed by atoms with van der Waals surface area (Å²) in [5, 5.41) is 0. The second-order valence-corrected chi connectivity index (χ2v) is 5.62. The standard InChI is InChI=1S/C18H20N2O6/c1-9-14(18(23)25-5)10(2)20-15(9)16(21)11(3)26-17(22)12-6-7-13(24-4)19-8-12/h6-8,11,20H,1-5H3/t11-/m0/s1. The lowest BCUT2D eigenvalue weighted by molar-refractivity contribution is 0.0316. The lowest BCUT2D eigenvalue weighted by Gasteiger charge is -2.12. The molecule has 1 atom stereocenters. The number of ether oxygens (including phenoxy) is 3. The normalized spacial score (nSPS) is 11.6. The van der Waals surface area contributed by atoms with Crippen LogP contribution in [-0.2, 0) is 9.47 Å². The van der Waals surface area contributed by atoms with Gasteiger partial charge in [-0.05, 0) is 32.4 Å². The highest BCUT2D eigenvalue weighted by Gasteiger charge is 2.27. The minimum atomic E-state index is -1.05. The first kappa shape index (κ1) is 19.2. The Bertz CT molecular complexity index is 838. The summed E-state index contributed by atoms with van der Waals surface area (Å²) >= 11 is 0. The Morgan fingerprint density at radius 3 is 2.35 bits per heavy atom. The molecular weight excluding hydrogens is 340 g/mol. The molecule has 0 aliphatic rings. The molecule has 8 heteroatoms. The molecule has 0 spiro atoms. The first-order valence-electron chi connectivity index (χ1n) is 7.82. The van der Waals surface area contributed by atoms with Crippen molar-refractivity contribution < 1.29 is 28.6 Å². The fourth-order valence-electron chi connectivity index (χ4n) is 2.51. The van der Waals surface area contributed by atoms with E-state index < -0.39 is 23.8 Å². The number of H-pyrrole nitrogens is 1. The summed E-state index contributed by atoms with van der Waals surface area (Å²) in [4.78, 5) is 43.4. The van der Waals surface area contributed by atoms with Crippen molar-refractivity contribution in [1.82, 2.24) is 9.97 Å². The molecule has 26 heavy (non-hydrogen) atoms. The molecule has 0 radical (unpaired) electrons. The number of aromatic nitrogens is 2. The fraction of sp³-hybridized carbons (Fsp3) is 0.333. The van der Waals surface area contributed by atoms with Crippen LogP contribution in [-0.4, -0.2) is 48.0 Å². The van der Waals surface area contributed by atoms with Gasteiger partial charge in [-0.25, -0.2) is 14.6 Å². The van der Waals surface area contributed by atoms with Gasteiger partial charge < -0.3 is 19.2 Å². The molecule has 138 valence electrons. The minimum absolute atomic E-state index is 0.195. The van der Waals surface area contributed by atoms with Gasteiger partial charge in [-0.15, -0.1) is 0 Å². The van der Waals surface area contributed by atoms with E-state index in [9.17, 15) is 14.4 Å². The van der Waals surface area contributed by atoms with E-state index in [4.69, 9.17) is 14.2 Å².